The fourth-order valence-corrected chi connectivity index (χ4v) is 5.20. The first-order valence-corrected chi connectivity index (χ1v) is 12.5. The van der Waals surface area contributed by atoms with Crippen LogP contribution in [0.4, 0.5) is 0 Å². The third-order valence-electron chi connectivity index (χ3n) is 6.79. The van der Waals surface area contributed by atoms with Crippen LogP contribution < -0.4 is 0 Å². The quantitative estimate of drug-likeness (QED) is 0.222. The molecule has 2 saturated heterocycles. The predicted octanol–water partition coefficient (Wildman–Crippen LogP) is 1.31. The Morgan fingerprint density at radius 2 is 1.24 bits per heavy atom. The zero-order valence-electron chi connectivity index (χ0n) is 21.0. The van der Waals surface area contributed by atoms with Gasteiger partial charge in [0.1, 0.15) is 23.8 Å². The van der Waals surface area contributed by atoms with E-state index in [0.29, 0.717) is 12.8 Å². The van der Waals surface area contributed by atoms with E-state index >= 15 is 0 Å². The summed E-state index contributed by atoms with van der Waals surface area (Å²) >= 11 is 0. The molecule has 0 amide bonds. The van der Waals surface area contributed by atoms with Gasteiger partial charge in [0, 0.05) is 44.4 Å². The van der Waals surface area contributed by atoms with E-state index in [1.807, 2.05) is 6.92 Å². The van der Waals surface area contributed by atoms with Crippen LogP contribution in [0.25, 0.3) is 0 Å². The Hall–Kier alpha value is -2.86. The minimum Gasteiger partial charge on any atom is -0.481 e. The number of carbonyl (C=O) groups is 6. The number of ketones is 2. The maximum atomic E-state index is 12.5. The zero-order chi connectivity index (χ0) is 27.8. The van der Waals surface area contributed by atoms with Gasteiger partial charge in [0.2, 0.25) is 0 Å². The predicted molar refractivity (Wildman–Crippen MR) is 124 cm³/mol. The first-order chi connectivity index (χ1) is 17.2. The lowest BCUT2D eigenvalue weighted by atomic mass is 9.75. The molecule has 2 rings (SSSR count). The van der Waals surface area contributed by atoms with Crippen LogP contribution in [0.15, 0.2) is 0 Å². The highest BCUT2D eigenvalue weighted by Gasteiger charge is 2.50. The van der Waals surface area contributed by atoms with E-state index in [9.17, 15) is 49.2 Å². The molecule has 0 saturated carbocycles. The molecule has 2 aliphatic heterocycles. The minimum atomic E-state index is -1.93. The summed E-state index contributed by atoms with van der Waals surface area (Å²) in [4.78, 5) is 71.3. The molecule has 2 fully saturated rings. The molecule has 0 aliphatic carbocycles. The monoisotopic (exact) mass is 528 g/mol. The normalized spacial score (nSPS) is 28.6. The van der Waals surface area contributed by atoms with Gasteiger partial charge in [-0.15, -0.1) is 0 Å². The molecule has 12 heteroatoms. The Morgan fingerprint density at radius 3 is 1.65 bits per heavy atom. The van der Waals surface area contributed by atoms with Crippen molar-refractivity contribution in [2.75, 3.05) is 0 Å². The van der Waals surface area contributed by atoms with Gasteiger partial charge in [0.25, 0.3) is 0 Å². The number of cyclic esters (lactones) is 2. The standard InChI is InChI=1S/C25H36O12/c1-2-4-15(26)5-3-6-16(27)7-8-17(18-9-24(34,11-20(28)29)13-22(32)36-18)19-10-25(35,12-21(30)31)14-23(33)37-19/h17-19,34-35H,2-14H2,1H3,(H,28,29)(H,30,31). The van der Waals surface area contributed by atoms with Crippen molar-refractivity contribution < 1.29 is 58.7 Å². The topological polar surface area (TPSA) is 202 Å². The molecule has 208 valence electrons. The van der Waals surface area contributed by atoms with E-state index in [4.69, 9.17) is 9.47 Å². The summed E-state index contributed by atoms with van der Waals surface area (Å²) in [5.74, 6) is -5.45. The molecule has 0 aromatic carbocycles. The van der Waals surface area contributed by atoms with Crippen LogP contribution >= 0.6 is 0 Å². The molecule has 0 radical (unpaired) electrons. The molecule has 4 unspecified atom stereocenters. The third-order valence-corrected chi connectivity index (χ3v) is 6.79. The number of carboxylic acids is 2. The third kappa shape index (κ3) is 9.84. The first-order valence-electron chi connectivity index (χ1n) is 12.5. The molecule has 4 N–H and O–H groups in total. The van der Waals surface area contributed by atoms with Crippen molar-refractivity contribution in [3.05, 3.63) is 0 Å². The molecule has 0 aromatic rings. The van der Waals surface area contributed by atoms with Crippen molar-refractivity contribution in [1.82, 2.24) is 0 Å². The van der Waals surface area contributed by atoms with Gasteiger partial charge in [0.15, 0.2) is 0 Å². The van der Waals surface area contributed by atoms with E-state index in [0.717, 1.165) is 6.42 Å². The van der Waals surface area contributed by atoms with E-state index in [2.05, 4.69) is 0 Å². The Labute approximate surface area is 214 Å². The lowest BCUT2D eigenvalue weighted by Crippen LogP contribution is -2.53. The Bertz CT molecular complexity index is 838. The molecule has 12 nitrogen and oxygen atoms in total. The number of carboxylic acid groups (broad SMARTS) is 2. The SMILES string of the molecule is CCCC(=O)CCCC(=O)CCC(C1CC(O)(CC(=O)O)CC(=O)O1)C1CC(O)(CC(=O)O)CC(=O)O1. The molecule has 0 aromatic heterocycles. The van der Waals surface area contributed by atoms with Crippen LogP contribution in [0.1, 0.15) is 90.4 Å². The Morgan fingerprint density at radius 1 is 0.811 bits per heavy atom. The number of Topliss-reactive ketones (excluding diaryl/α,β-unsaturated/α-hetero) is 2. The zero-order valence-corrected chi connectivity index (χ0v) is 21.0. The van der Waals surface area contributed by atoms with Gasteiger partial charge < -0.3 is 29.9 Å². The molecular formula is C25H36O12. The number of hydrogen-bond donors (Lipinski definition) is 4. The van der Waals surface area contributed by atoms with Gasteiger partial charge in [-0.3, -0.25) is 28.8 Å². The Kier molecular flexibility index (Phi) is 10.7. The summed E-state index contributed by atoms with van der Waals surface area (Å²) in [5, 5.41) is 39.9. The Balaban J connectivity index is 2.21. The summed E-state index contributed by atoms with van der Waals surface area (Å²) in [6.45, 7) is 1.88. The molecule has 4 atom stereocenters. The highest BCUT2D eigenvalue weighted by Crippen LogP contribution is 2.40. The fourth-order valence-electron chi connectivity index (χ4n) is 5.20. The molecule has 2 heterocycles. The van der Waals surface area contributed by atoms with Crippen molar-refractivity contribution in [3.8, 4) is 0 Å². The van der Waals surface area contributed by atoms with Crippen molar-refractivity contribution in [2.24, 2.45) is 5.92 Å². The van der Waals surface area contributed by atoms with Gasteiger partial charge in [-0.1, -0.05) is 6.92 Å². The minimum absolute atomic E-state index is 0.00390. The van der Waals surface area contributed by atoms with E-state index in [1.54, 1.807) is 0 Å². The molecular weight excluding hydrogens is 492 g/mol. The average Bonchev–Trinajstić information content (AvgIpc) is 2.70. The van der Waals surface area contributed by atoms with Gasteiger partial charge in [-0.25, -0.2) is 0 Å². The summed E-state index contributed by atoms with van der Waals surface area (Å²) in [6, 6.07) is 0. The van der Waals surface area contributed by atoms with Gasteiger partial charge in [0.05, 0.1) is 36.9 Å². The van der Waals surface area contributed by atoms with E-state index < -0.39 is 78.9 Å². The highest BCUT2D eigenvalue weighted by molar-refractivity contribution is 5.81. The van der Waals surface area contributed by atoms with E-state index in [-0.39, 0.29) is 50.1 Å². The maximum Gasteiger partial charge on any atom is 0.309 e. The van der Waals surface area contributed by atoms with Gasteiger partial charge >= 0.3 is 23.9 Å². The molecule has 0 bridgehead atoms. The second-order valence-corrected chi connectivity index (χ2v) is 10.3. The van der Waals surface area contributed by atoms with Crippen molar-refractivity contribution in [3.63, 3.8) is 0 Å². The largest absolute Gasteiger partial charge is 0.481 e. The van der Waals surface area contributed by atoms with Crippen molar-refractivity contribution in [2.45, 2.75) is 114 Å². The van der Waals surface area contributed by atoms with Crippen LogP contribution in [0.5, 0.6) is 0 Å². The van der Waals surface area contributed by atoms with Crippen LogP contribution in [0, 0.1) is 5.92 Å². The van der Waals surface area contributed by atoms with Crippen LogP contribution in [0.3, 0.4) is 0 Å². The maximum absolute atomic E-state index is 12.5. The second-order valence-electron chi connectivity index (χ2n) is 10.3. The summed E-state index contributed by atoms with van der Waals surface area (Å²) in [5.41, 5.74) is -3.85. The van der Waals surface area contributed by atoms with E-state index in [1.165, 1.54) is 0 Å². The summed E-state index contributed by atoms with van der Waals surface area (Å²) < 4.78 is 10.8. The van der Waals surface area contributed by atoms with Crippen molar-refractivity contribution in [1.29, 1.82) is 0 Å². The second kappa shape index (κ2) is 13.1. The van der Waals surface area contributed by atoms with Crippen LogP contribution in [-0.4, -0.2) is 79.3 Å². The van der Waals surface area contributed by atoms with Gasteiger partial charge in [-0.05, 0) is 19.3 Å². The number of esters is 2. The van der Waals surface area contributed by atoms with Crippen molar-refractivity contribution >= 4 is 35.4 Å². The van der Waals surface area contributed by atoms with Crippen LogP contribution in [0.2, 0.25) is 0 Å². The number of hydrogen-bond acceptors (Lipinski definition) is 10. The van der Waals surface area contributed by atoms with Gasteiger partial charge in [-0.2, -0.15) is 0 Å². The lowest BCUT2D eigenvalue weighted by molar-refractivity contribution is -0.195. The molecule has 0 spiro atoms. The lowest BCUT2D eigenvalue weighted by Gasteiger charge is -2.44. The summed E-state index contributed by atoms with van der Waals surface area (Å²) in [7, 11) is 0. The fraction of sp³-hybridized carbons (Fsp3) is 0.760. The molecule has 37 heavy (non-hydrogen) atoms. The van der Waals surface area contributed by atoms with Crippen LogP contribution in [-0.2, 0) is 38.2 Å². The number of aliphatic carboxylic acids is 2. The number of rotatable bonds is 15. The first kappa shape index (κ1) is 30.4. The smallest absolute Gasteiger partial charge is 0.309 e. The molecule has 2 aliphatic rings. The number of carbonyl (C=O) groups excluding carboxylic acids is 4. The summed E-state index contributed by atoms with van der Waals surface area (Å²) in [6.07, 6.45) is -3.59. The highest BCUT2D eigenvalue weighted by atomic mass is 16.6. The number of ether oxygens (including phenoxy) is 2. The number of aliphatic hydroxyl groups is 2. The average molecular weight is 529 g/mol.